The molecule has 0 bridgehead atoms. The number of halogens is 1. The lowest BCUT2D eigenvalue weighted by molar-refractivity contribution is 0.0842. The number of hydrogen-bond donors (Lipinski definition) is 3. The van der Waals surface area contributed by atoms with Gasteiger partial charge in [0.2, 0.25) is 10.0 Å². The first-order valence-electron chi connectivity index (χ1n) is 8.48. The minimum atomic E-state index is -3.94. The lowest BCUT2D eigenvalue weighted by atomic mass is 10.1. The summed E-state index contributed by atoms with van der Waals surface area (Å²) in [5, 5.41) is 0. The van der Waals surface area contributed by atoms with E-state index < -0.39 is 27.4 Å². The van der Waals surface area contributed by atoms with Crippen LogP contribution >= 0.6 is 15.9 Å². The fraction of sp³-hybridized carbons (Fsp3) is 0.333. The maximum atomic E-state index is 12.7. The third kappa shape index (κ3) is 5.81. The van der Waals surface area contributed by atoms with E-state index in [0.29, 0.717) is 10.2 Å². The highest BCUT2D eigenvalue weighted by Gasteiger charge is 2.26. The van der Waals surface area contributed by atoms with E-state index in [-0.39, 0.29) is 16.2 Å². The summed E-state index contributed by atoms with van der Waals surface area (Å²) in [6.45, 7) is 5.10. The van der Waals surface area contributed by atoms with Gasteiger partial charge in [0.25, 0.3) is 11.8 Å². The minimum absolute atomic E-state index is 0.0356. The van der Waals surface area contributed by atoms with Crippen LogP contribution in [0, 0.1) is 0 Å². The number of aryl methyl sites for hydroxylation is 1. The van der Waals surface area contributed by atoms with Crippen LogP contribution in [0.4, 0.5) is 0 Å². The molecule has 0 aliphatic rings. The normalized spacial score (nSPS) is 11.8. The molecular formula is C18H23BrN4O5S. The first kappa shape index (κ1) is 22.9. The van der Waals surface area contributed by atoms with Gasteiger partial charge < -0.3 is 9.30 Å². The number of sulfonamides is 1. The van der Waals surface area contributed by atoms with Crippen LogP contribution in [0.2, 0.25) is 0 Å². The summed E-state index contributed by atoms with van der Waals surface area (Å²) in [7, 11) is -0.923. The molecular weight excluding hydrogens is 464 g/mol. The van der Waals surface area contributed by atoms with Gasteiger partial charge >= 0.3 is 0 Å². The molecule has 0 saturated carbocycles. The zero-order chi connectivity index (χ0) is 22.0. The van der Waals surface area contributed by atoms with Crippen LogP contribution in [0.3, 0.4) is 0 Å². The van der Waals surface area contributed by atoms with Gasteiger partial charge in [-0.1, -0.05) is 0 Å². The molecule has 1 heterocycles. The molecule has 2 aromatic rings. The fourth-order valence-corrected chi connectivity index (χ4v) is 4.62. The second kappa shape index (κ2) is 8.56. The summed E-state index contributed by atoms with van der Waals surface area (Å²) in [5.41, 5.74) is 4.21. The van der Waals surface area contributed by atoms with Gasteiger partial charge in [-0.15, -0.1) is 0 Å². The van der Waals surface area contributed by atoms with Crippen LogP contribution in [0.5, 0.6) is 5.75 Å². The second-order valence-corrected chi connectivity index (χ2v) is 9.85. The Labute approximate surface area is 178 Å². The molecule has 2 rings (SSSR count). The van der Waals surface area contributed by atoms with Crippen molar-refractivity contribution in [1.29, 1.82) is 0 Å². The first-order chi connectivity index (χ1) is 13.3. The summed E-state index contributed by atoms with van der Waals surface area (Å²) >= 11 is 3.27. The quantitative estimate of drug-likeness (QED) is 0.558. The number of ether oxygens (including phenoxy) is 1. The highest BCUT2D eigenvalue weighted by molar-refractivity contribution is 9.10. The van der Waals surface area contributed by atoms with E-state index in [1.54, 1.807) is 44.6 Å². The van der Waals surface area contributed by atoms with Crippen molar-refractivity contribution in [1.82, 2.24) is 20.1 Å². The number of rotatable bonds is 5. The molecule has 0 aliphatic carbocycles. The molecule has 0 aliphatic heterocycles. The Morgan fingerprint density at radius 1 is 1.10 bits per heavy atom. The summed E-state index contributed by atoms with van der Waals surface area (Å²) in [6.07, 6.45) is 1.69. The van der Waals surface area contributed by atoms with E-state index in [4.69, 9.17) is 4.74 Å². The van der Waals surface area contributed by atoms with Gasteiger partial charge in [-0.25, -0.2) is 13.1 Å². The van der Waals surface area contributed by atoms with Crippen molar-refractivity contribution in [2.45, 2.75) is 31.2 Å². The van der Waals surface area contributed by atoms with Gasteiger partial charge in [-0.05, 0) is 61.0 Å². The lowest BCUT2D eigenvalue weighted by Crippen LogP contribution is -2.42. The third-order valence-corrected chi connectivity index (χ3v) is 5.86. The Morgan fingerprint density at radius 3 is 2.24 bits per heavy atom. The molecule has 0 unspecified atom stereocenters. The highest BCUT2D eigenvalue weighted by atomic mass is 79.9. The molecule has 1 aromatic carbocycles. The molecule has 1 aromatic heterocycles. The first-order valence-corrected chi connectivity index (χ1v) is 10.8. The molecule has 0 spiro atoms. The van der Waals surface area contributed by atoms with Gasteiger partial charge in [0.1, 0.15) is 16.3 Å². The van der Waals surface area contributed by atoms with Crippen molar-refractivity contribution in [2.24, 2.45) is 7.05 Å². The number of amides is 2. The van der Waals surface area contributed by atoms with Crippen molar-refractivity contribution in [3.05, 3.63) is 46.2 Å². The molecule has 11 heteroatoms. The van der Waals surface area contributed by atoms with E-state index >= 15 is 0 Å². The molecule has 0 radical (unpaired) electrons. The molecule has 0 atom stereocenters. The molecule has 0 fully saturated rings. The predicted octanol–water partition coefficient (Wildman–Crippen LogP) is 1.95. The van der Waals surface area contributed by atoms with Gasteiger partial charge in [0.15, 0.2) is 0 Å². The van der Waals surface area contributed by atoms with Crippen LogP contribution in [0.1, 0.15) is 41.6 Å². The maximum Gasteiger partial charge on any atom is 0.286 e. The van der Waals surface area contributed by atoms with E-state index in [1.165, 1.54) is 25.3 Å². The zero-order valence-corrected chi connectivity index (χ0v) is 19.1. The van der Waals surface area contributed by atoms with Crippen LogP contribution in [0.15, 0.2) is 39.8 Å². The van der Waals surface area contributed by atoms with Crippen molar-refractivity contribution in [2.75, 3.05) is 7.11 Å². The molecule has 3 N–H and O–H groups in total. The molecule has 0 saturated heterocycles. The van der Waals surface area contributed by atoms with E-state index in [0.717, 1.165) is 0 Å². The van der Waals surface area contributed by atoms with Gasteiger partial charge in [0, 0.05) is 28.8 Å². The average molecular weight is 487 g/mol. The van der Waals surface area contributed by atoms with E-state index in [2.05, 4.69) is 31.5 Å². The number of carbonyl (C=O) groups excluding carboxylic acids is 2. The van der Waals surface area contributed by atoms with Crippen LogP contribution in [-0.2, 0) is 17.1 Å². The Balaban J connectivity index is 2.23. The minimum Gasteiger partial charge on any atom is -0.495 e. The Kier molecular flexibility index (Phi) is 6.76. The molecule has 158 valence electrons. The van der Waals surface area contributed by atoms with Crippen LogP contribution in [-0.4, -0.2) is 37.4 Å². The molecule has 29 heavy (non-hydrogen) atoms. The van der Waals surface area contributed by atoms with E-state index in [1.807, 2.05) is 0 Å². The van der Waals surface area contributed by atoms with E-state index in [9.17, 15) is 18.0 Å². The number of hydrogen-bond acceptors (Lipinski definition) is 5. The van der Waals surface area contributed by atoms with Crippen molar-refractivity contribution in [3.63, 3.8) is 0 Å². The topological polar surface area (TPSA) is 119 Å². The van der Waals surface area contributed by atoms with Gasteiger partial charge in [-0.3, -0.25) is 20.4 Å². The number of benzene rings is 1. The third-order valence-electron chi connectivity index (χ3n) is 3.65. The lowest BCUT2D eigenvalue weighted by Gasteiger charge is -2.21. The number of hydrazine groups is 1. The Bertz CT molecular complexity index is 1040. The largest absolute Gasteiger partial charge is 0.495 e. The van der Waals surface area contributed by atoms with Crippen LogP contribution in [0.25, 0.3) is 0 Å². The Morgan fingerprint density at radius 2 is 1.72 bits per heavy atom. The number of aromatic nitrogens is 1. The predicted molar refractivity (Wildman–Crippen MR) is 111 cm³/mol. The average Bonchev–Trinajstić information content (AvgIpc) is 2.95. The van der Waals surface area contributed by atoms with Crippen molar-refractivity contribution >= 4 is 37.8 Å². The zero-order valence-electron chi connectivity index (χ0n) is 16.7. The summed E-state index contributed by atoms with van der Waals surface area (Å²) in [6, 6.07) is 5.56. The standard InChI is InChI=1S/C18H23BrN4O5S/c1-18(2,3)22-29(26,27)15-8-11(6-7-14(15)28-5)16(24)20-21-17(25)13-9-12(19)10-23(13)4/h6-10,22H,1-5H3,(H,20,24)(H,21,25). The monoisotopic (exact) mass is 486 g/mol. The van der Waals surface area contributed by atoms with Crippen molar-refractivity contribution < 1.29 is 22.7 Å². The highest BCUT2D eigenvalue weighted by Crippen LogP contribution is 2.26. The fourth-order valence-electron chi connectivity index (χ4n) is 2.49. The second-order valence-electron chi connectivity index (χ2n) is 7.28. The van der Waals surface area contributed by atoms with Crippen LogP contribution < -0.4 is 20.3 Å². The SMILES string of the molecule is COc1ccc(C(=O)NNC(=O)c2cc(Br)cn2C)cc1S(=O)(=O)NC(C)(C)C. The molecule has 9 nitrogen and oxygen atoms in total. The number of carbonyl (C=O) groups is 2. The van der Waals surface area contributed by atoms with Gasteiger partial charge in [-0.2, -0.15) is 0 Å². The number of nitrogens with one attached hydrogen (secondary N) is 3. The Hall–Kier alpha value is -2.37. The summed E-state index contributed by atoms with van der Waals surface area (Å²) in [4.78, 5) is 24.5. The maximum absolute atomic E-state index is 12.7. The van der Waals surface area contributed by atoms with Crippen molar-refractivity contribution in [3.8, 4) is 5.75 Å². The summed E-state index contributed by atoms with van der Waals surface area (Å²) in [5.74, 6) is -1.11. The number of nitrogens with zero attached hydrogens (tertiary/aromatic N) is 1. The molecule has 2 amide bonds. The van der Waals surface area contributed by atoms with Gasteiger partial charge in [0.05, 0.1) is 7.11 Å². The summed E-state index contributed by atoms with van der Waals surface area (Å²) < 4.78 is 35.3. The number of methoxy groups -OCH3 is 1. The smallest absolute Gasteiger partial charge is 0.286 e.